The van der Waals surface area contributed by atoms with Gasteiger partial charge in [-0.3, -0.25) is 4.79 Å². The van der Waals surface area contributed by atoms with Gasteiger partial charge in [0.25, 0.3) is 5.91 Å². The highest BCUT2D eigenvalue weighted by atomic mass is 32.2. The van der Waals surface area contributed by atoms with Crippen LogP contribution in [0, 0.1) is 6.92 Å². The van der Waals surface area contributed by atoms with E-state index in [-0.39, 0.29) is 23.9 Å². The molecule has 7 nitrogen and oxygen atoms in total. The molecule has 8 heteroatoms. The fourth-order valence-electron chi connectivity index (χ4n) is 3.43. The van der Waals surface area contributed by atoms with E-state index in [2.05, 4.69) is 0 Å². The van der Waals surface area contributed by atoms with E-state index in [4.69, 9.17) is 9.47 Å². The highest BCUT2D eigenvalue weighted by molar-refractivity contribution is 7.89. The number of hydrogen-bond acceptors (Lipinski definition) is 5. The summed E-state index contributed by atoms with van der Waals surface area (Å²) in [4.78, 5) is 14.5. The monoisotopic (exact) mass is 402 g/mol. The molecule has 0 unspecified atom stereocenters. The van der Waals surface area contributed by atoms with Crippen molar-refractivity contribution in [3.63, 3.8) is 0 Å². The van der Waals surface area contributed by atoms with Crippen LogP contribution in [0.15, 0.2) is 47.4 Å². The minimum atomic E-state index is -3.66. The van der Waals surface area contributed by atoms with Crippen LogP contribution in [0.2, 0.25) is 0 Å². The third-order valence-electron chi connectivity index (χ3n) is 4.94. The molecule has 2 aromatic rings. The van der Waals surface area contributed by atoms with E-state index in [1.807, 2.05) is 25.1 Å². The molecule has 0 atom stereocenters. The molecular weight excluding hydrogens is 380 g/mol. The van der Waals surface area contributed by atoms with Crippen molar-refractivity contribution >= 4 is 15.9 Å². The fraction of sp³-hybridized carbons (Fsp3) is 0.350. The number of piperazine rings is 1. The van der Waals surface area contributed by atoms with Gasteiger partial charge in [-0.05, 0) is 31.2 Å². The highest BCUT2D eigenvalue weighted by Gasteiger charge is 2.31. The Hall–Kier alpha value is -2.58. The Morgan fingerprint density at radius 1 is 0.929 bits per heavy atom. The molecule has 2 aromatic carbocycles. The fourth-order valence-corrected chi connectivity index (χ4v) is 4.86. The van der Waals surface area contributed by atoms with Gasteiger partial charge in [-0.2, -0.15) is 4.31 Å². The third-order valence-corrected chi connectivity index (χ3v) is 6.84. The zero-order valence-electron chi connectivity index (χ0n) is 15.6. The molecule has 4 rings (SSSR count). The Labute approximate surface area is 164 Å². The first kappa shape index (κ1) is 18.8. The zero-order valence-corrected chi connectivity index (χ0v) is 16.4. The number of carbonyl (C=O) groups is 1. The number of rotatable bonds is 3. The molecule has 0 bridgehead atoms. The summed E-state index contributed by atoms with van der Waals surface area (Å²) in [7, 11) is -3.66. The summed E-state index contributed by atoms with van der Waals surface area (Å²) in [6.07, 6.45) is 0. The number of benzene rings is 2. The lowest BCUT2D eigenvalue weighted by atomic mass is 10.1. The Bertz CT molecular complexity index is 997. The van der Waals surface area contributed by atoms with Gasteiger partial charge in [0.1, 0.15) is 13.2 Å². The summed E-state index contributed by atoms with van der Waals surface area (Å²) in [6.45, 7) is 4.02. The second-order valence-electron chi connectivity index (χ2n) is 6.87. The molecule has 1 amide bonds. The lowest BCUT2D eigenvalue weighted by Crippen LogP contribution is -2.50. The quantitative estimate of drug-likeness (QED) is 0.784. The number of ether oxygens (including phenoxy) is 2. The summed E-state index contributed by atoms with van der Waals surface area (Å²) in [5, 5.41) is 0. The molecule has 2 aliphatic rings. The average Bonchev–Trinajstić information content (AvgIpc) is 2.73. The van der Waals surface area contributed by atoms with Gasteiger partial charge in [-0.15, -0.1) is 0 Å². The van der Waals surface area contributed by atoms with Crippen LogP contribution in [-0.4, -0.2) is 62.9 Å². The first-order chi connectivity index (χ1) is 13.4. The van der Waals surface area contributed by atoms with Crippen LogP contribution in [0.3, 0.4) is 0 Å². The predicted molar refractivity (Wildman–Crippen MR) is 103 cm³/mol. The van der Waals surface area contributed by atoms with Gasteiger partial charge in [0.05, 0.1) is 4.90 Å². The number of aryl methyl sites for hydroxylation is 1. The largest absolute Gasteiger partial charge is 0.486 e. The van der Waals surface area contributed by atoms with Gasteiger partial charge in [0.2, 0.25) is 10.0 Å². The van der Waals surface area contributed by atoms with E-state index in [1.54, 1.807) is 17.0 Å². The molecule has 2 heterocycles. The Morgan fingerprint density at radius 2 is 1.64 bits per heavy atom. The number of carbonyl (C=O) groups excluding carboxylic acids is 1. The van der Waals surface area contributed by atoms with Crippen molar-refractivity contribution in [1.29, 1.82) is 0 Å². The van der Waals surface area contributed by atoms with Gasteiger partial charge >= 0.3 is 0 Å². The second kappa shape index (κ2) is 7.44. The number of fused-ring (bicyclic) bond motifs is 1. The molecule has 0 radical (unpaired) electrons. The molecule has 0 aromatic heterocycles. The molecule has 1 fully saturated rings. The second-order valence-corrected chi connectivity index (χ2v) is 8.81. The average molecular weight is 402 g/mol. The lowest BCUT2D eigenvalue weighted by molar-refractivity contribution is 0.0698. The standard InChI is InChI=1S/C20H22N2O5S/c1-15-3-2-4-16(13-15)20(23)21-7-9-22(10-8-21)28(24,25)17-5-6-18-19(14-17)27-12-11-26-18/h2-6,13-14H,7-12H2,1H3. The molecule has 148 valence electrons. The van der Waals surface area contributed by atoms with Crippen molar-refractivity contribution in [3.8, 4) is 11.5 Å². The van der Waals surface area contributed by atoms with Crippen molar-refractivity contribution < 1.29 is 22.7 Å². The highest BCUT2D eigenvalue weighted by Crippen LogP contribution is 2.33. The van der Waals surface area contributed by atoms with Crippen molar-refractivity contribution in [2.24, 2.45) is 0 Å². The summed E-state index contributed by atoms with van der Waals surface area (Å²) < 4.78 is 38.3. The summed E-state index contributed by atoms with van der Waals surface area (Å²) >= 11 is 0. The Kier molecular flexibility index (Phi) is 4.99. The minimum absolute atomic E-state index is 0.0694. The number of hydrogen-bond donors (Lipinski definition) is 0. The van der Waals surface area contributed by atoms with Crippen molar-refractivity contribution in [2.45, 2.75) is 11.8 Å². The maximum Gasteiger partial charge on any atom is 0.253 e. The predicted octanol–water partition coefficient (Wildman–Crippen LogP) is 1.91. The first-order valence-electron chi connectivity index (χ1n) is 9.21. The molecule has 28 heavy (non-hydrogen) atoms. The first-order valence-corrected chi connectivity index (χ1v) is 10.6. The minimum Gasteiger partial charge on any atom is -0.486 e. The van der Waals surface area contributed by atoms with E-state index in [1.165, 1.54) is 16.4 Å². The molecule has 0 spiro atoms. The molecule has 0 saturated carbocycles. The van der Waals surface area contributed by atoms with Crippen molar-refractivity contribution in [1.82, 2.24) is 9.21 Å². The maximum atomic E-state index is 13.0. The third kappa shape index (κ3) is 3.57. The summed E-state index contributed by atoms with van der Waals surface area (Å²) in [5.74, 6) is 0.930. The van der Waals surface area contributed by atoms with Crippen LogP contribution < -0.4 is 9.47 Å². The number of amides is 1. The van der Waals surface area contributed by atoms with E-state index < -0.39 is 10.0 Å². The number of nitrogens with zero attached hydrogens (tertiary/aromatic N) is 2. The van der Waals surface area contributed by atoms with E-state index in [0.29, 0.717) is 43.4 Å². The maximum absolute atomic E-state index is 13.0. The number of sulfonamides is 1. The van der Waals surface area contributed by atoms with Crippen molar-refractivity contribution in [3.05, 3.63) is 53.6 Å². The smallest absolute Gasteiger partial charge is 0.253 e. The van der Waals surface area contributed by atoms with Crippen LogP contribution in [0.25, 0.3) is 0 Å². The van der Waals surface area contributed by atoms with Gasteiger partial charge < -0.3 is 14.4 Å². The summed E-state index contributed by atoms with van der Waals surface area (Å²) in [5.41, 5.74) is 1.65. The molecule has 1 saturated heterocycles. The molecule has 0 aliphatic carbocycles. The van der Waals surface area contributed by atoms with Crippen LogP contribution in [0.1, 0.15) is 15.9 Å². The van der Waals surface area contributed by atoms with Crippen LogP contribution in [0.5, 0.6) is 11.5 Å². The Balaban J connectivity index is 1.46. The van der Waals surface area contributed by atoms with E-state index in [9.17, 15) is 13.2 Å². The zero-order chi connectivity index (χ0) is 19.7. The van der Waals surface area contributed by atoms with Crippen LogP contribution in [0.4, 0.5) is 0 Å². The van der Waals surface area contributed by atoms with Gasteiger partial charge in [0.15, 0.2) is 11.5 Å². The van der Waals surface area contributed by atoms with Crippen LogP contribution >= 0.6 is 0 Å². The van der Waals surface area contributed by atoms with Gasteiger partial charge in [-0.1, -0.05) is 17.7 Å². The molecular formula is C20H22N2O5S. The van der Waals surface area contributed by atoms with E-state index >= 15 is 0 Å². The normalized spacial score (nSPS) is 17.4. The van der Waals surface area contributed by atoms with Crippen molar-refractivity contribution in [2.75, 3.05) is 39.4 Å². The lowest BCUT2D eigenvalue weighted by Gasteiger charge is -2.34. The van der Waals surface area contributed by atoms with Gasteiger partial charge in [0, 0.05) is 37.8 Å². The molecule has 0 N–H and O–H groups in total. The van der Waals surface area contributed by atoms with E-state index in [0.717, 1.165) is 5.56 Å². The summed E-state index contributed by atoms with van der Waals surface area (Å²) in [6, 6.07) is 12.1. The van der Waals surface area contributed by atoms with Crippen LogP contribution in [-0.2, 0) is 10.0 Å². The SMILES string of the molecule is Cc1cccc(C(=O)N2CCN(S(=O)(=O)c3ccc4c(c3)OCCO4)CC2)c1. The molecule has 2 aliphatic heterocycles. The Morgan fingerprint density at radius 3 is 2.36 bits per heavy atom. The van der Waals surface area contributed by atoms with Gasteiger partial charge in [-0.25, -0.2) is 8.42 Å². The topological polar surface area (TPSA) is 76.2 Å².